The van der Waals surface area contributed by atoms with Crippen molar-refractivity contribution in [3.8, 4) is 11.5 Å². The van der Waals surface area contributed by atoms with Gasteiger partial charge in [-0.3, -0.25) is 9.79 Å². The summed E-state index contributed by atoms with van der Waals surface area (Å²) >= 11 is 0. The number of aryl methyl sites for hydroxylation is 1. The number of benzene rings is 3. The van der Waals surface area contributed by atoms with E-state index in [-0.39, 0.29) is 5.78 Å². The normalized spacial score (nSPS) is 13.1. The van der Waals surface area contributed by atoms with E-state index in [9.17, 15) is 4.79 Å². The number of methoxy groups -OCH3 is 1. The van der Waals surface area contributed by atoms with Gasteiger partial charge in [-0.05, 0) is 65.8 Å². The van der Waals surface area contributed by atoms with Crippen LogP contribution in [0.4, 0.5) is 0 Å². The zero-order valence-corrected chi connectivity index (χ0v) is 21.3. The van der Waals surface area contributed by atoms with Crippen LogP contribution in [-0.4, -0.2) is 32.3 Å². The summed E-state index contributed by atoms with van der Waals surface area (Å²) in [5.41, 5.74) is 5.86. The molecule has 4 nitrogen and oxygen atoms in total. The van der Waals surface area contributed by atoms with Crippen molar-refractivity contribution in [2.75, 3.05) is 20.3 Å². The molecule has 3 aromatic carbocycles. The number of hydrogen-bond acceptors (Lipinski definition) is 4. The summed E-state index contributed by atoms with van der Waals surface area (Å²) in [7, 11) is 1.68. The van der Waals surface area contributed by atoms with Gasteiger partial charge in [-0.1, -0.05) is 74.7 Å². The van der Waals surface area contributed by atoms with Crippen LogP contribution in [0, 0.1) is 0 Å². The number of nitrogens with zero attached hydrogens (tertiary/aromatic N) is 1. The Morgan fingerprint density at radius 2 is 1.69 bits per heavy atom. The first-order valence-corrected chi connectivity index (χ1v) is 12.9. The monoisotopic (exact) mass is 481 g/mol. The molecule has 0 heterocycles. The molecule has 0 atom stereocenters. The van der Waals surface area contributed by atoms with E-state index in [0.717, 1.165) is 58.7 Å². The highest BCUT2D eigenvalue weighted by molar-refractivity contribution is 6.15. The summed E-state index contributed by atoms with van der Waals surface area (Å²) in [5, 5.41) is 0. The summed E-state index contributed by atoms with van der Waals surface area (Å²) in [6.45, 7) is 3.53. The van der Waals surface area contributed by atoms with Crippen molar-refractivity contribution in [2.45, 2.75) is 45.4 Å². The van der Waals surface area contributed by atoms with Crippen LogP contribution in [0.3, 0.4) is 0 Å². The second-order valence-corrected chi connectivity index (χ2v) is 9.06. The Hall–Kier alpha value is -3.66. The molecule has 0 aromatic heterocycles. The van der Waals surface area contributed by atoms with Gasteiger partial charge >= 0.3 is 0 Å². The molecule has 0 N–H and O–H groups in total. The minimum absolute atomic E-state index is 0.0857. The highest BCUT2D eigenvalue weighted by Crippen LogP contribution is 2.39. The molecule has 4 rings (SSSR count). The predicted octanol–water partition coefficient (Wildman–Crippen LogP) is 7.36. The molecule has 1 aliphatic carbocycles. The van der Waals surface area contributed by atoms with Crippen LogP contribution in [0.2, 0.25) is 0 Å². The number of carbonyl (C=O) groups is 1. The first-order chi connectivity index (χ1) is 17.7. The fourth-order valence-electron chi connectivity index (χ4n) is 4.64. The minimum Gasteiger partial charge on any atom is -0.497 e. The summed E-state index contributed by atoms with van der Waals surface area (Å²) in [5.74, 6) is 1.71. The number of hydrogen-bond donors (Lipinski definition) is 0. The van der Waals surface area contributed by atoms with E-state index in [4.69, 9.17) is 9.47 Å². The zero-order valence-electron chi connectivity index (χ0n) is 21.3. The second-order valence-electron chi connectivity index (χ2n) is 9.06. The molecule has 0 radical (unpaired) electrons. The number of Topliss-reactive ketones (excluding diaryl/α,β-unsaturated/α-hetero) is 1. The molecule has 1 aliphatic rings. The van der Waals surface area contributed by atoms with Crippen LogP contribution in [-0.2, 0) is 6.42 Å². The van der Waals surface area contributed by atoms with E-state index < -0.39 is 0 Å². The Labute approximate surface area is 214 Å². The second kappa shape index (κ2) is 12.9. The summed E-state index contributed by atoms with van der Waals surface area (Å²) < 4.78 is 11.3. The van der Waals surface area contributed by atoms with Crippen molar-refractivity contribution in [3.05, 3.63) is 101 Å². The summed E-state index contributed by atoms with van der Waals surface area (Å²) in [4.78, 5) is 18.0. The number of allylic oxidation sites excluding steroid dienone is 1. The Kier molecular flexibility index (Phi) is 9.09. The van der Waals surface area contributed by atoms with Gasteiger partial charge in [0, 0.05) is 23.9 Å². The van der Waals surface area contributed by atoms with E-state index in [1.807, 2.05) is 66.9 Å². The van der Waals surface area contributed by atoms with E-state index in [1.165, 1.54) is 24.8 Å². The van der Waals surface area contributed by atoms with Crippen molar-refractivity contribution >= 4 is 17.6 Å². The molecule has 186 valence electrons. The molecule has 0 aliphatic heterocycles. The molecule has 36 heavy (non-hydrogen) atoms. The van der Waals surface area contributed by atoms with Crippen LogP contribution in [0.1, 0.15) is 66.1 Å². The van der Waals surface area contributed by atoms with Crippen LogP contribution >= 0.6 is 0 Å². The maximum atomic E-state index is 13.5. The molecule has 0 saturated carbocycles. The van der Waals surface area contributed by atoms with Gasteiger partial charge in [0.1, 0.15) is 18.1 Å². The van der Waals surface area contributed by atoms with E-state index >= 15 is 0 Å². The standard InChI is InChI=1S/C32H35NO3/c1-3-4-5-9-20-33-21-22-36-27-15-12-24(13-16-27)31-29-19-17-28(35-2)23-26(29)14-18-30(31)32(34)25-10-7-6-8-11-25/h6-8,10-13,15-17,19,21,23H,3-5,9,14,18,20,22H2,1-2H3. The molecule has 0 unspecified atom stereocenters. The lowest BCUT2D eigenvalue weighted by atomic mass is 9.79. The average molecular weight is 482 g/mol. The summed E-state index contributed by atoms with van der Waals surface area (Å²) in [6.07, 6.45) is 8.22. The largest absolute Gasteiger partial charge is 0.497 e. The molecular weight excluding hydrogens is 446 g/mol. The Morgan fingerprint density at radius 1 is 0.917 bits per heavy atom. The molecular formula is C32H35NO3. The molecule has 0 saturated heterocycles. The zero-order chi connectivity index (χ0) is 25.2. The SMILES string of the molecule is CCCCCCN=CCOc1ccc(C2=C(C(=O)c3ccccc3)CCc3cc(OC)ccc32)cc1. The van der Waals surface area contributed by atoms with Gasteiger partial charge in [-0.15, -0.1) is 0 Å². The first-order valence-electron chi connectivity index (χ1n) is 12.9. The first kappa shape index (κ1) is 25.4. The van der Waals surface area contributed by atoms with E-state index in [2.05, 4.69) is 24.0 Å². The number of ether oxygens (including phenoxy) is 2. The third kappa shape index (κ3) is 6.31. The van der Waals surface area contributed by atoms with Gasteiger partial charge < -0.3 is 9.47 Å². The van der Waals surface area contributed by atoms with Crippen molar-refractivity contribution in [1.29, 1.82) is 0 Å². The lowest BCUT2D eigenvalue weighted by Crippen LogP contribution is -2.14. The number of ketones is 1. The van der Waals surface area contributed by atoms with Crippen molar-refractivity contribution in [1.82, 2.24) is 0 Å². The number of carbonyl (C=O) groups excluding carboxylic acids is 1. The van der Waals surface area contributed by atoms with Gasteiger partial charge in [-0.25, -0.2) is 0 Å². The average Bonchev–Trinajstić information content (AvgIpc) is 2.94. The number of aliphatic imine (C=N–C) groups is 1. The lowest BCUT2D eigenvalue weighted by molar-refractivity contribution is 0.103. The predicted molar refractivity (Wildman–Crippen MR) is 148 cm³/mol. The smallest absolute Gasteiger partial charge is 0.189 e. The minimum atomic E-state index is 0.0857. The van der Waals surface area contributed by atoms with Gasteiger partial charge in [0.05, 0.1) is 7.11 Å². The van der Waals surface area contributed by atoms with Crippen molar-refractivity contribution in [2.24, 2.45) is 4.99 Å². The van der Waals surface area contributed by atoms with Crippen molar-refractivity contribution in [3.63, 3.8) is 0 Å². The highest BCUT2D eigenvalue weighted by atomic mass is 16.5. The van der Waals surface area contributed by atoms with E-state index in [1.54, 1.807) is 7.11 Å². The van der Waals surface area contributed by atoms with Gasteiger partial charge in [0.15, 0.2) is 5.78 Å². The highest BCUT2D eigenvalue weighted by Gasteiger charge is 2.25. The van der Waals surface area contributed by atoms with Gasteiger partial charge in [-0.2, -0.15) is 0 Å². The summed E-state index contributed by atoms with van der Waals surface area (Å²) in [6, 6.07) is 23.7. The number of rotatable bonds is 12. The lowest BCUT2D eigenvalue weighted by Gasteiger charge is -2.24. The van der Waals surface area contributed by atoms with Crippen LogP contribution in [0.5, 0.6) is 11.5 Å². The molecule has 0 amide bonds. The third-order valence-electron chi connectivity index (χ3n) is 6.58. The van der Waals surface area contributed by atoms with Gasteiger partial charge in [0.2, 0.25) is 0 Å². The quantitative estimate of drug-likeness (QED) is 0.154. The number of fused-ring (bicyclic) bond motifs is 1. The topological polar surface area (TPSA) is 47.9 Å². The Bertz CT molecular complexity index is 1210. The fourth-order valence-corrected chi connectivity index (χ4v) is 4.64. The van der Waals surface area contributed by atoms with Crippen molar-refractivity contribution < 1.29 is 14.3 Å². The molecule has 0 fully saturated rings. The van der Waals surface area contributed by atoms with Gasteiger partial charge in [0.25, 0.3) is 0 Å². The number of unbranched alkanes of at least 4 members (excludes halogenated alkanes) is 3. The Balaban J connectivity index is 1.56. The van der Waals surface area contributed by atoms with Crippen LogP contribution in [0.25, 0.3) is 5.57 Å². The third-order valence-corrected chi connectivity index (χ3v) is 6.58. The fraction of sp³-hybridized carbons (Fsp3) is 0.312. The maximum absolute atomic E-state index is 13.5. The molecule has 4 heteroatoms. The van der Waals surface area contributed by atoms with Crippen LogP contribution < -0.4 is 9.47 Å². The molecule has 3 aromatic rings. The molecule has 0 bridgehead atoms. The van der Waals surface area contributed by atoms with Crippen LogP contribution in [0.15, 0.2) is 83.4 Å². The van der Waals surface area contributed by atoms with E-state index in [0.29, 0.717) is 13.0 Å². The molecule has 0 spiro atoms. The Morgan fingerprint density at radius 3 is 2.44 bits per heavy atom. The maximum Gasteiger partial charge on any atom is 0.189 e.